The number of hydrogen-bond acceptors (Lipinski definition) is 2. The first-order valence-corrected chi connectivity index (χ1v) is 6.29. The number of halogens is 1. The second-order valence-corrected chi connectivity index (χ2v) is 6.00. The van der Waals surface area contributed by atoms with Gasteiger partial charge in [-0.05, 0) is 30.0 Å². The minimum atomic E-state index is 0.353. The van der Waals surface area contributed by atoms with Crippen LogP contribution >= 0.6 is 15.9 Å². The average molecular weight is 286 g/mol. The van der Waals surface area contributed by atoms with Crippen LogP contribution in [0.5, 0.6) is 5.75 Å². The van der Waals surface area contributed by atoms with E-state index in [-0.39, 0.29) is 0 Å². The van der Waals surface area contributed by atoms with E-state index in [0.29, 0.717) is 5.41 Å². The van der Waals surface area contributed by atoms with Crippen LogP contribution in [0.2, 0.25) is 0 Å². The molecule has 0 aliphatic rings. The predicted octanol–water partition coefficient (Wildman–Crippen LogP) is 4.31. The van der Waals surface area contributed by atoms with Crippen LogP contribution in [0.15, 0.2) is 22.7 Å². The highest BCUT2D eigenvalue weighted by atomic mass is 79.9. The fourth-order valence-electron chi connectivity index (χ4n) is 1.39. The smallest absolute Gasteiger partial charge is 0.142 e. The van der Waals surface area contributed by atoms with Gasteiger partial charge in [0.1, 0.15) is 5.75 Å². The largest absolute Gasteiger partial charge is 0.495 e. The molecule has 16 heavy (non-hydrogen) atoms. The van der Waals surface area contributed by atoms with Crippen molar-refractivity contribution in [3.8, 4) is 5.75 Å². The van der Waals surface area contributed by atoms with Crippen LogP contribution in [-0.4, -0.2) is 13.7 Å². The molecular formula is C13H20BrNO. The van der Waals surface area contributed by atoms with Crippen molar-refractivity contribution < 1.29 is 4.74 Å². The maximum Gasteiger partial charge on any atom is 0.142 e. The Bertz CT molecular complexity index is 344. The number of hydrogen-bond donors (Lipinski definition) is 1. The van der Waals surface area contributed by atoms with Gasteiger partial charge in [0.15, 0.2) is 0 Å². The Kier molecular flexibility index (Phi) is 4.66. The van der Waals surface area contributed by atoms with E-state index < -0.39 is 0 Å². The number of methoxy groups -OCH3 is 1. The molecule has 1 rings (SSSR count). The van der Waals surface area contributed by atoms with Crippen molar-refractivity contribution >= 4 is 21.6 Å². The second kappa shape index (κ2) is 5.58. The lowest BCUT2D eigenvalue weighted by atomic mass is 9.92. The summed E-state index contributed by atoms with van der Waals surface area (Å²) in [5.74, 6) is 0.886. The highest BCUT2D eigenvalue weighted by Crippen LogP contribution is 2.28. The highest BCUT2D eigenvalue weighted by molar-refractivity contribution is 9.10. The quantitative estimate of drug-likeness (QED) is 0.890. The van der Waals surface area contributed by atoms with Gasteiger partial charge >= 0.3 is 0 Å². The van der Waals surface area contributed by atoms with Gasteiger partial charge in [0, 0.05) is 11.0 Å². The maximum absolute atomic E-state index is 5.30. The van der Waals surface area contributed by atoms with Gasteiger partial charge < -0.3 is 10.1 Å². The summed E-state index contributed by atoms with van der Waals surface area (Å²) in [6.45, 7) is 7.68. The predicted molar refractivity (Wildman–Crippen MR) is 73.3 cm³/mol. The standard InChI is InChI=1S/C13H20BrNO/c1-13(2,3)7-8-15-11-9-10(14)5-6-12(11)16-4/h5-6,9,15H,7-8H2,1-4H3. The number of rotatable bonds is 4. The summed E-state index contributed by atoms with van der Waals surface area (Å²) in [6, 6.07) is 5.98. The lowest BCUT2D eigenvalue weighted by molar-refractivity contribution is 0.388. The van der Waals surface area contributed by atoms with E-state index in [1.165, 1.54) is 0 Å². The van der Waals surface area contributed by atoms with E-state index in [1.54, 1.807) is 7.11 Å². The van der Waals surface area contributed by atoms with Crippen LogP contribution in [0.25, 0.3) is 0 Å². The number of anilines is 1. The van der Waals surface area contributed by atoms with Crippen LogP contribution < -0.4 is 10.1 Å². The fraction of sp³-hybridized carbons (Fsp3) is 0.538. The molecule has 1 N–H and O–H groups in total. The lowest BCUT2D eigenvalue weighted by Crippen LogP contribution is -2.13. The van der Waals surface area contributed by atoms with E-state index in [9.17, 15) is 0 Å². The van der Waals surface area contributed by atoms with Gasteiger partial charge in [-0.2, -0.15) is 0 Å². The maximum atomic E-state index is 5.30. The summed E-state index contributed by atoms with van der Waals surface area (Å²) in [7, 11) is 1.69. The van der Waals surface area contributed by atoms with E-state index in [4.69, 9.17) is 4.74 Å². The molecular weight excluding hydrogens is 266 g/mol. The Labute approximate surface area is 107 Å². The monoisotopic (exact) mass is 285 g/mol. The van der Waals surface area contributed by atoms with Gasteiger partial charge in [-0.25, -0.2) is 0 Å². The van der Waals surface area contributed by atoms with Gasteiger partial charge in [-0.3, -0.25) is 0 Å². The van der Waals surface area contributed by atoms with E-state index >= 15 is 0 Å². The van der Waals surface area contributed by atoms with Crippen LogP contribution in [0.1, 0.15) is 27.2 Å². The van der Waals surface area contributed by atoms with Gasteiger partial charge in [0.05, 0.1) is 12.8 Å². The summed E-state index contributed by atoms with van der Waals surface area (Å²) in [6.07, 6.45) is 1.13. The van der Waals surface area contributed by atoms with Crippen molar-refractivity contribution in [2.45, 2.75) is 27.2 Å². The van der Waals surface area contributed by atoms with Crippen molar-refractivity contribution in [2.24, 2.45) is 5.41 Å². The second-order valence-electron chi connectivity index (χ2n) is 5.08. The zero-order chi connectivity index (χ0) is 12.2. The molecule has 90 valence electrons. The molecule has 2 nitrogen and oxygen atoms in total. The van der Waals surface area contributed by atoms with E-state index in [0.717, 1.165) is 28.9 Å². The fourth-order valence-corrected chi connectivity index (χ4v) is 1.75. The molecule has 0 radical (unpaired) electrons. The topological polar surface area (TPSA) is 21.3 Å². The Balaban J connectivity index is 2.62. The average Bonchev–Trinajstić information content (AvgIpc) is 2.16. The first-order valence-electron chi connectivity index (χ1n) is 5.50. The number of benzene rings is 1. The summed E-state index contributed by atoms with van der Waals surface area (Å²) in [5, 5.41) is 3.41. The molecule has 0 fully saturated rings. The SMILES string of the molecule is COc1ccc(Br)cc1NCCC(C)(C)C. The zero-order valence-corrected chi connectivity index (χ0v) is 12.0. The Morgan fingerprint density at radius 3 is 2.56 bits per heavy atom. The van der Waals surface area contributed by atoms with Gasteiger partial charge in [-0.1, -0.05) is 36.7 Å². The molecule has 0 amide bonds. The molecule has 0 saturated heterocycles. The zero-order valence-electron chi connectivity index (χ0n) is 10.4. The van der Waals surface area contributed by atoms with Gasteiger partial charge in [-0.15, -0.1) is 0 Å². The summed E-state index contributed by atoms with van der Waals surface area (Å²) in [4.78, 5) is 0. The summed E-state index contributed by atoms with van der Waals surface area (Å²) >= 11 is 3.46. The molecule has 0 aliphatic carbocycles. The van der Waals surface area contributed by atoms with Gasteiger partial charge in [0.25, 0.3) is 0 Å². The Hall–Kier alpha value is -0.700. The summed E-state index contributed by atoms with van der Waals surface area (Å²) < 4.78 is 6.36. The molecule has 0 unspecified atom stereocenters. The first-order chi connectivity index (χ1) is 7.42. The van der Waals surface area contributed by atoms with Crippen LogP contribution in [0, 0.1) is 5.41 Å². The van der Waals surface area contributed by atoms with Crippen molar-refractivity contribution in [3.05, 3.63) is 22.7 Å². The minimum Gasteiger partial charge on any atom is -0.495 e. The number of ether oxygens (including phenoxy) is 1. The number of nitrogens with one attached hydrogen (secondary N) is 1. The molecule has 0 spiro atoms. The van der Waals surface area contributed by atoms with E-state index in [1.807, 2.05) is 18.2 Å². The molecule has 0 aliphatic heterocycles. The Morgan fingerprint density at radius 2 is 2.00 bits per heavy atom. The van der Waals surface area contributed by atoms with E-state index in [2.05, 4.69) is 42.0 Å². The lowest BCUT2D eigenvalue weighted by Gasteiger charge is -2.19. The van der Waals surface area contributed by atoms with Crippen LogP contribution in [0.4, 0.5) is 5.69 Å². The van der Waals surface area contributed by atoms with Crippen LogP contribution in [0.3, 0.4) is 0 Å². The molecule has 0 saturated carbocycles. The van der Waals surface area contributed by atoms with Gasteiger partial charge in [0.2, 0.25) is 0 Å². The Morgan fingerprint density at radius 1 is 1.31 bits per heavy atom. The molecule has 0 heterocycles. The third-order valence-corrected chi connectivity index (χ3v) is 2.85. The third kappa shape index (κ3) is 4.44. The van der Waals surface area contributed by atoms with Crippen molar-refractivity contribution in [1.29, 1.82) is 0 Å². The molecule has 3 heteroatoms. The van der Waals surface area contributed by atoms with Crippen molar-refractivity contribution in [1.82, 2.24) is 0 Å². The molecule has 1 aromatic rings. The summed E-state index contributed by atoms with van der Waals surface area (Å²) in [5.41, 5.74) is 1.40. The molecule has 0 atom stereocenters. The molecule has 1 aromatic carbocycles. The first kappa shape index (κ1) is 13.4. The van der Waals surface area contributed by atoms with Crippen molar-refractivity contribution in [3.63, 3.8) is 0 Å². The third-order valence-electron chi connectivity index (χ3n) is 2.35. The molecule has 0 aromatic heterocycles. The van der Waals surface area contributed by atoms with Crippen molar-refractivity contribution in [2.75, 3.05) is 19.0 Å². The highest BCUT2D eigenvalue weighted by Gasteiger charge is 2.10. The normalized spacial score (nSPS) is 11.3. The minimum absolute atomic E-state index is 0.353. The van der Waals surface area contributed by atoms with Crippen LogP contribution in [-0.2, 0) is 0 Å². The molecule has 0 bridgehead atoms.